The average molecular weight is 197 g/mol. The molecule has 5 heteroatoms. The fourth-order valence-electron chi connectivity index (χ4n) is 1.11. The van der Waals surface area contributed by atoms with E-state index in [2.05, 4.69) is 15.0 Å². The first-order valence-corrected chi connectivity index (χ1v) is 4.23. The lowest BCUT2D eigenvalue weighted by Crippen LogP contribution is -1.94. The van der Waals surface area contributed by atoms with Crippen molar-refractivity contribution >= 4 is 5.82 Å². The molecule has 0 saturated carbocycles. The van der Waals surface area contributed by atoms with Gasteiger partial charge < -0.3 is 5.73 Å². The molecule has 0 spiro atoms. The van der Waals surface area contributed by atoms with Crippen LogP contribution in [0.1, 0.15) is 5.56 Å². The van der Waals surface area contributed by atoms with Gasteiger partial charge in [-0.25, -0.2) is 9.97 Å². The molecular formula is C10H7N5. The van der Waals surface area contributed by atoms with Gasteiger partial charge >= 0.3 is 0 Å². The number of aromatic nitrogens is 3. The molecule has 0 aliphatic rings. The molecule has 2 aromatic heterocycles. The van der Waals surface area contributed by atoms with Gasteiger partial charge in [-0.2, -0.15) is 5.26 Å². The summed E-state index contributed by atoms with van der Waals surface area (Å²) >= 11 is 0. The minimum absolute atomic E-state index is 0.357. The molecule has 0 radical (unpaired) electrons. The zero-order valence-electron chi connectivity index (χ0n) is 7.75. The highest BCUT2D eigenvalue weighted by Crippen LogP contribution is 2.14. The lowest BCUT2D eigenvalue weighted by atomic mass is 10.2. The summed E-state index contributed by atoms with van der Waals surface area (Å²) in [4.78, 5) is 12.1. The maximum atomic E-state index is 8.72. The maximum Gasteiger partial charge on any atom is 0.141 e. The molecule has 2 rings (SSSR count). The SMILES string of the molecule is N#Cc1ccnc(-c2cnc(N)cn2)c1. The smallest absolute Gasteiger partial charge is 0.141 e. The van der Waals surface area contributed by atoms with Gasteiger partial charge in [0, 0.05) is 6.20 Å². The van der Waals surface area contributed by atoms with E-state index in [1.807, 2.05) is 6.07 Å². The second-order valence-corrected chi connectivity index (χ2v) is 2.87. The van der Waals surface area contributed by atoms with Crippen LogP contribution in [0.25, 0.3) is 11.4 Å². The van der Waals surface area contributed by atoms with Crippen LogP contribution in [0.4, 0.5) is 5.82 Å². The van der Waals surface area contributed by atoms with Crippen molar-refractivity contribution in [3.63, 3.8) is 0 Å². The van der Waals surface area contributed by atoms with E-state index in [1.165, 1.54) is 12.4 Å². The number of nitrogens with zero attached hydrogens (tertiary/aromatic N) is 4. The molecule has 5 nitrogen and oxygen atoms in total. The Kier molecular flexibility index (Phi) is 2.25. The number of hydrogen-bond donors (Lipinski definition) is 1. The first-order valence-electron chi connectivity index (χ1n) is 4.23. The number of rotatable bonds is 1. The Hall–Kier alpha value is -2.48. The second kappa shape index (κ2) is 3.72. The lowest BCUT2D eigenvalue weighted by Gasteiger charge is -1.99. The number of anilines is 1. The third kappa shape index (κ3) is 1.89. The van der Waals surface area contributed by atoms with Gasteiger partial charge in [0.15, 0.2) is 0 Å². The molecule has 15 heavy (non-hydrogen) atoms. The summed E-state index contributed by atoms with van der Waals surface area (Å²) in [6.07, 6.45) is 4.54. The van der Waals surface area contributed by atoms with E-state index in [-0.39, 0.29) is 0 Å². The first-order chi connectivity index (χ1) is 7.29. The van der Waals surface area contributed by atoms with Gasteiger partial charge in [0.2, 0.25) is 0 Å². The molecule has 2 aromatic rings. The van der Waals surface area contributed by atoms with Gasteiger partial charge in [-0.05, 0) is 12.1 Å². The molecule has 0 aliphatic heterocycles. The van der Waals surface area contributed by atoms with Crippen LogP contribution < -0.4 is 5.73 Å². The van der Waals surface area contributed by atoms with E-state index in [0.29, 0.717) is 22.8 Å². The van der Waals surface area contributed by atoms with Crippen molar-refractivity contribution in [2.24, 2.45) is 0 Å². The summed E-state index contributed by atoms with van der Waals surface area (Å²) < 4.78 is 0. The Morgan fingerprint density at radius 2 is 2.00 bits per heavy atom. The van der Waals surface area contributed by atoms with Crippen molar-refractivity contribution in [1.29, 1.82) is 5.26 Å². The Bertz CT molecular complexity index is 512. The fourth-order valence-corrected chi connectivity index (χ4v) is 1.11. The molecule has 0 saturated heterocycles. The first kappa shape index (κ1) is 9.09. The molecule has 2 heterocycles. The van der Waals surface area contributed by atoms with E-state index < -0.39 is 0 Å². The zero-order valence-corrected chi connectivity index (χ0v) is 7.75. The Morgan fingerprint density at radius 1 is 1.13 bits per heavy atom. The Balaban J connectivity index is 2.46. The molecule has 0 atom stereocenters. The maximum absolute atomic E-state index is 8.72. The molecule has 0 aromatic carbocycles. The largest absolute Gasteiger partial charge is 0.382 e. The van der Waals surface area contributed by atoms with Crippen molar-refractivity contribution in [3.05, 3.63) is 36.3 Å². The van der Waals surface area contributed by atoms with E-state index in [1.54, 1.807) is 18.3 Å². The van der Waals surface area contributed by atoms with Crippen LogP contribution in [0, 0.1) is 11.3 Å². The lowest BCUT2D eigenvalue weighted by molar-refractivity contribution is 1.18. The highest BCUT2D eigenvalue weighted by molar-refractivity contribution is 5.55. The minimum Gasteiger partial charge on any atom is -0.382 e. The van der Waals surface area contributed by atoms with Crippen molar-refractivity contribution in [2.75, 3.05) is 5.73 Å². The topological polar surface area (TPSA) is 88.5 Å². The summed E-state index contributed by atoms with van der Waals surface area (Å²) in [5.74, 6) is 0.357. The summed E-state index contributed by atoms with van der Waals surface area (Å²) in [5.41, 5.74) is 7.17. The van der Waals surface area contributed by atoms with Crippen LogP contribution in [-0.4, -0.2) is 15.0 Å². The molecular weight excluding hydrogens is 190 g/mol. The van der Waals surface area contributed by atoms with Gasteiger partial charge in [0.1, 0.15) is 11.5 Å². The number of pyridine rings is 1. The summed E-state index contributed by atoms with van der Waals surface area (Å²) in [7, 11) is 0. The second-order valence-electron chi connectivity index (χ2n) is 2.87. The van der Waals surface area contributed by atoms with Crippen LogP contribution in [0.15, 0.2) is 30.7 Å². The van der Waals surface area contributed by atoms with Crippen LogP contribution in [0.2, 0.25) is 0 Å². The average Bonchev–Trinajstić information content (AvgIpc) is 2.30. The minimum atomic E-state index is 0.357. The molecule has 0 fully saturated rings. The fraction of sp³-hybridized carbons (Fsp3) is 0. The molecule has 0 aliphatic carbocycles. The monoisotopic (exact) mass is 197 g/mol. The van der Waals surface area contributed by atoms with E-state index in [4.69, 9.17) is 11.0 Å². The van der Waals surface area contributed by atoms with Gasteiger partial charge in [-0.1, -0.05) is 0 Å². The molecule has 0 unspecified atom stereocenters. The van der Waals surface area contributed by atoms with Gasteiger partial charge in [0.05, 0.1) is 29.7 Å². The summed E-state index contributed by atoms with van der Waals surface area (Å²) in [6.45, 7) is 0. The third-order valence-electron chi connectivity index (χ3n) is 1.82. The van der Waals surface area contributed by atoms with Crippen molar-refractivity contribution in [1.82, 2.24) is 15.0 Å². The molecule has 0 amide bonds. The molecule has 0 bridgehead atoms. The van der Waals surface area contributed by atoms with Crippen molar-refractivity contribution < 1.29 is 0 Å². The number of nitrogen functional groups attached to an aromatic ring is 1. The number of nitrogens with two attached hydrogens (primary N) is 1. The van der Waals surface area contributed by atoms with E-state index >= 15 is 0 Å². The van der Waals surface area contributed by atoms with Gasteiger partial charge in [-0.15, -0.1) is 0 Å². The number of hydrogen-bond acceptors (Lipinski definition) is 5. The Morgan fingerprint density at radius 3 is 2.67 bits per heavy atom. The van der Waals surface area contributed by atoms with E-state index in [9.17, 15) is 0 Å². The van der Waals surface area contributed by atoms with Gasteiger partial charge in [0.25, 0.3) is 0 Å². The summed E-state index contributed by atoms with van der Waals surface area (Å²) in [6, 6.07) is 5.32. The van der Waals surface area contributed by atoms with Crippen LogP contribution in [-0.2, 0) is 0 Å². The predicted molar refractivity (Wildman–Crippen MR) is 54.4 cm³/mol. The van der Waals surface area contributed by atoms with E-state index in [0.717, 1.165) is 0 Å². The Labute approximate surface area is 86.2 Å². The highest BCUT2D eigenvalue weighted by Gasteiger charge is 2.02. The summed E-state index contributed by atoms with van der Waals surface area (Å²) in [5, 5.41) is 8.72. The van der Waals surface area contributed by atoms with Crippen LogP contribution in [0.5, 0.6) is 0 Å². The van der Waals surface area contributed by atoms with Crippen molar-refractivity contribution in [2.45, 2.75) is 0 Å². The third-order valence-corrected chi connectivity index (χ3v) is 1.82. The predicted octanol–water partition coefficient (Wildman–Crippen LogP) is 0.992. The van der Waals surface area contributed by atoms with Crippen LogP contribution in [0.3, 0.4) is 0 Å². The van der Waals surface area contributed by atoms with Gasteiger partial charge in [-0.3, -0.25) is 4.98 Å². The number of nitriles is 1. The highest BCUT2D eigenvalue weighted by atomic mass is 14.9. The van der Waals surface area contributed by atoms with Crippen molar-refractivity contribution in [3.8, 4) is 17.5 Å². The normalized spacial score (nSPS) is 9.53. The quantitative estimate of drug-likeness (QED) is 0.736. The van der Waals surface area contributed by atoms with Crippen LogP contribution >= 0.6 is 0 Å². The molecule has 72 valence electrons. The molecule has 2 N–H and O–H groups in total. The standard InChI is InChI=1S/C10H7N5/c11-4-7-1-2-13-8(3-7)9-5-15-10(12)6-14-9/h1-3,5-6H,(H2,12,15). The zero-order chi connectivity index (χ0) is 10.7.